The van der Waals surface area contributed by atoms with E-state index in [2.05, 4.69) is 27.4 Å². The molecule has 5 N–H and O–H groups in total. The van der Waals surface area contributed by atoms with Crippen LogP contribution in [0.15, 0.2) is 24.8 Å². The van der Waals surface area contributed by atoms with E-state index < -0.39 is 47.5 Å². The summed E-state index contributed by atoms with van der Waals surface area (Å²) < 4.78 is 11.7. The summed E-state index contributed by atoms with van der Waals surface area (Å²) in [6, 6.07) is 3.35. The van der Waals surface area contributed by atoms with Crippen molar-refractivity contribution in [3.8, 4) is 5.75 Å². The summed E-state index contributed by atoms with van der Waals surface area (Å²) in [4.78, 5) is 26.8. The minimum Gasteiger partial charge on any atom is -0.478 e. The van der Waals surface area contributed by atoms with E-state index in [1.54, 1.807) is 18.2 Å². The Morgan fingerprint density at radius 1 is 1.32 bits per heavy atom. The van der Waals surface area contributed by atoms with Crippen LogP contribution >= 0.6 is 12.4 Å². The van der Waals surface area contributed by atoms with Crippen LogP contribution in [-0.2, 0) is 27.4 Å². The van der Waals surface area contributed by atoms with Gasteiger partial charge in [0.05, 0.1) is 12.7 Å². The van der Waals surface area contributed by atoms with Gasteiger partial charge in [0, 0.05) is 30.2 Å². The van der Waals surface area contributed by atoms with Gasteiger partial charge in [0.1, 0.15) is 11.5 Å². The molecule has 4 aliphatic rings. The molecule has 0 saturated heterocycles. The SMILES string of the molecule is C=C[C@]1(C)C[C@@H](C(Oc2cc(CN)c3c(c2)B(O)OC3)C(=O)O)[C@]2(C)[C@@H]3C(=O)CC[C@@]3(CC[C@@H]2C)[C@@H](C)[C@@H]1O.Cl. The molecule has 0 amide bonds. The molecule has 3 saturated carbocycles. The number of Topliss-reactive ketones (excluding diaryl/α,β-unsaturated/α-hetero) is 1. The lowest BCUT2D eigenvalue weighted by Gasteiger charge is -2.63. The van der Waals surface area contributed by atoms with Gasteiger partial charge in [0.25, 0.3) is 0 Å². The fourth-order valence-electron chi connectivity index (χ4n) is 8.99. The van der Waals surface area contributed by atoms with Crippen LogP contribution < -0.4 is 15.9 Å². The molecule has 1 unspecified atom stereocenters. The Labute approximate surface area is 243 Å². The first-order valence-electron chi connectivity index (χ1n) is 14.2. The molecule has 40 heavy (non-hydrogen) atoms. The molecule has 5 rings (SSSR count). The number of ether oxygens (including phenoxy) is 1. The predicted molar refractivity (Wildman–Crippen MR) is 154 cm³/mol. The number of halogens is 1. The number of aliphatic hydroxyl groups is 1. The minimum atomic E-state index is -1.30. The number of fused-ring (bicyclic) bond motifs is 1. The highest BCUT2D eigenvalue weighted by Gasteiger charge is 2.69. The van der Waals surface area contributed by atoms with Crippen LogP contribution in [0, 0.1) is 39.9 Å². The number of carboxylic acids is 1. The maximum atomic E-state index is 13.7. The van der Waals surface area contributed by atoms with Crippen LogP contribution in [0.4, 0.5) is 0 Å². The van der Waals surface area contributed by atoms with Crippen molar-refractivity contribution < 1.29 is 34.2 Å². The summed E-state index contributed by atoms with van der Waals surface area (Å²) in [6.07, 6.45) is 2.82. The molecule has 8 nitrogen and oxygen atoms in total. The summed E-state index contributed by atoms with van der Waals surface area (Å²) >= 11 is 0. The van der Waals surface area contributed by atoms with E-state index in [0.29, 0.717) is 30.5 Å². The maximum absolute atomic E-state index is 13.7. The molecule has 0 aromatic heterocycles. The largest absolute Gasteiger partial charge is 0.491 e. The van der Waals surface area contributed by atoms with Crippen LogP contribution in [0.5, 0.6) is 5.75 Å². The number of carbonyl (C=O) groups is 2. The standard InChI is InChI=1S/C30H42BNO7.ClH/c1-6-28(4)13-21(24(27(35)36)39-19-11-18(14-32)20-15-38-31(37)22(20)12-19)29(5)16(2)7-9-30(17(3)26(28)34)10-8-23(33)25(29)30;/h6,11-12,16-17,21,24-26,34,37H,1,7-10,13-15,32H2,2-5H3,(H,35,36);1H/t16-,17-,21-,24?,25-,26-,28+,29+,30-;/m0./s1. The first-order valence-corrected chi connectivity index (χ1v) is 14.2. The third-order valence-electron chi connectivity index (χ3n) is 11.5. The van der Waals surface area contributed by atoms with Gasteiger partial charge >= 0.3 is 13.1 Å². The van der Waals surface area contributed by atoms with Crippen LogP contribution in [0.1, 0.15) is 70.9 Å². The summed E-state index contributed by atoms with van der Waals surface area (Å²) in [5.41, 5.74) is 6.17. The van der Waals surface area contributed by atoms with Crippen LogP contribution in [0.25, 0.3) is 0 Å². The van der Waals surface area contributed by atoms with E-state index in [-0.39, 0.29) is 49.1 Å². The zero-order valence-corrected chi connectivity index (χ0v) is 24.7. The predicted octanol–water partition coefficient (Wildman–Crippen LogP) is 3.23. The fourth-order valence-corrected chi connectivity index (χ4v) is 8.99. The molecule has 1 heterocycles. The Morgan fingerprint density at radius 2 is 2.02 bits per heavy atom. The fraction of sp³-hybridized carbons (Fsp3) is 0.667. The number of nitrogens with two attached hydrogens (primary N) is 1. The average Bonchev–Trinajstić information content (AvgIpc) is 3.46. The van der Waals surface area contributed by atoms with Crippen molar-refractivity contribution in [2.75, 3.05) is 0 Å². The Hall–Kier alpha value is -1.91. The van der Waals surface area contributed by atoms with Crippen molar-refractivity contribution in [1.82, 2.24) is 0 Å². The van der Waals surface area contributed by atoms with Crippen LogP contribution in [0.2, 0.25) is 0 Å². The average molecular weight is 576 g/mol. The quantitative estimate of drug-likeness (QED) is 0.300. The topological polar surface area (TPSA) is 139 Å². The number of carboxylic acid groups (broad SMARTS) is 1. The summed E-state index contributed by atoms with van der Waals surface area (Å²) in [5.74, 6) is -1.70. The van der Waals surface area contributed by atoms with Gasteiger partial charge in [-0.1, -0.05) is 33.8 Å². The molecule has 1 aromatic carbocycles. The monoisotopic (exact) mass is 575 g/mol. The van der Waals surface area contributed by atoms with Gasteiger partial charge < -0.3 is 30.4 Å². The molecule has 1 aliphatic heterocycles. The van der Waals surface area contributed by atoms with Gasteiger partial charge in [-0.25, -0.2) is 4.79 Å². The zero-order chi connectivity index (χ0) is 28.5. The van der Waals surface area contributed by atoms with Crippen molar-refractivity contribution in [3.63, 3.8) is 0 Å². The van der Waals surface area contributed by atoms with Crippen molar-refractivity contribution in [1.29, 1.82) is 0 Å². The first kappa shape index (κ1) is 31.0. The summed E-state index contributed by atoms with van der Waals surface area (Å²) in [6.45, 7) is 12.7. The molecule has 0 spiro atoms. The van der Waals surface area contributed by atoms with Crippen molar-refractivity contribution in [2.45, 2.75) is 85.2 Å². The lowest BCUT2D eigenvalue weighted by atomic mass is 9.41. The number of hydrogen-bond acceptors (Lipinski definition) is 7. The normalized spacial score (nSPS) is 39.3. The Kier molecular flexibility index (Phi) is 8.33. The number of aliphatic hydroxyl groups excluding tert-OH is 1. The molecular weight excluding hydrogens is 533 g/mol. The number of carbonyl (C=O) groups excluding carboxylic acids is 1. The van der Waals surface area contributed by atoms with Crippen molar-refractivity contribution >= 4 is 36.7 Å². The lowest BCUT2D eigenvalue weighted by Crippen LogP contribution is -2.63. The summed E-state index contributed by atoms with van der Waals surface area (Å²) in [5, 5.41) is 32.8. The molecule has 0 radical (unpaired) electrons. The molecular formula is C30H43BClNO7. The van der Waals surface area contributed by atoms with Crippen LogP contribution in [-0.4, -0.2) is 46.3 Å². The number of rotatable bonds is 6. The Morgan fingerprint density at radius 3 is 2.65 bits per heavy atom. The number of hydrogen-bond donors (Lipinski definition) is 4. The number of benzene rings is 1. The zero-order valence-electron chi connectivity index (χ0n) is 23.9. The second kappa shape index (κ2) is 10.7. The smallest absolute Gasteiger partial charge is 0.478 e. The second-order valence-electron chi connectivity index (χ2n) is 13.1. The third-order valence-corrected chi connectivity index (χ3v) is 11.5. The Bertz CT molecular complexity index is 1200. The van der Waals surface area contributed by atoms with E-state index in [1.165, 1.54) is 0 Å². The van der Waals surface area contributed by atoms with E-state index in [4.69, 9.17) is 15.1 Å². The Balaban J connectivity index is 0.00000370. The lowest BCUT2D eigenvalue weighted by molar-refractivity contribution is -0.193. The van der Waals surface area contributed by atoms with Crippen molar-refractivity contribution in [3.05, 3.63) is 35.9 Å². The highest BCUT2D eigenvalue weighted by molar-refractivity contribution is 6.61. The molecule has 2 bridgehead atoms. The van der Waals surface area contributed by atoms with E-state index in [9.17, 15) is 24.8 Å². The third kappa shape index (κ3) is 4.35. The van der Waals surface area contributed by atoms with Gasteiger partial charge in [-0.2, -0.15) is 0 Å². The molecule has 3 aliphatic carbocycles. The second-order valence-corrected chi connectivity index (χ2v) is 13.1. The number of aliphatic carboxylic acids is 1. The van der Waals surface area contributed by atoms with E-state index in [0.717, 1.165) is 24.0 Å². The maximum Gasteiger partial charge on any atom is 0.491 e. The van der Waals surface area contributed by atoms with E-state index >= 15 is 0 Å². The molecule has 1 aromatic rings. The van der Waals surface area contributed by atoms with Crippen molar-refractivity contribution in [2.24, 2.45) is 45.7 Å². The van der Waals surface area contributed by atoms with Gasteiger partial charge in [-0.3, -0.25) is 4.79 Å². The van der Waals surface area contributed by atoms with Gasteiger partial charge in [-0.05, 0) is 77.1 Å². The van der Waals surface area contributed by atoms with Gasteiger partial charge in [0.2, 0.25) is 0 Å². The van der Waals surface area contributed by atoms with E-state index in [1.807, 2.05) is 6.92 Å². The van der Waals surface area contributed by atoms with Gasteiger partial charge in [-0.15, -0.1) is 19.0 Å². The minimum absolute atomic E-state index is 0. The number of ketones is 1. The molecule has 3 fully saturated rings. The summed E-state index contributed by atoms with van der Waals surface area (Å²) in [7, 11) is -1.13. The highest BCUT2D eigenvalue weighted by Crippen LogP contribution is 2.69. The molecule has 10 heteroatoms. The van der Waals surface area contributed by atoms with Crippen LogP contribution in [0.3, 0.4) is 0 Å². The first-order chi connectivity index (χ1) is 18.3. The highest BCUT2D eigenvalue weighted by atomic mass is 35.5. The van der Waals surface area contributed by atoms with Gasteiger partial charge in [0.15, 0.2) is 6.10 Å². The molecule has 9 atom stereocenters. The molecule has 220 valence electrons.